The van der Waals surface area contributed by atoms with Gasteiger partial charge in [-0.25, -0.2) is 0 Å². The van der Waals surface area contributed by atoms with Crippen LogP contribution in [0.5, 0.6) is 0 Å². The number of fused-ring (bicyclic) bond motifs is 2. The van der Waals surface area contributed by atoms with E-state index in [4.69, 9.17) is 10.5 Å². The number of nitrogens with two attached hydrogens (primary N) is 1. The molecule has 0 aliphatic carbocycles. The second-order valence-electron chi connectivity index (χ2n) is 5.59. The lowest BCUT2D eigenvalue weighted by atomic mass is 9.91. The molecule has 0 aromatic rings. The van der Waals surface area contributed by atoms with Crippen LogP contribution in [0.3, 0.4) is 0 Å². The Bertz CT molecular complexity index is 280. The van der Waals surface area contributed by atoms with Crippen molar-refractivity contribution in [3.05, 3.63) is 0 Å². The zero-order valence-electron chi connectivity index (χ0n) is 11.4. The molecule has 5 nitrogen and oxygen atoms in total. The minimum atomic E-state index is -0.506. The predicted molar refractivity (Wildman–Crippen MR) is 70.2 cm³/mol. The second kappa shape index (κ2) is 5.99. The third kappa shape index (κ3) is 2.84. The first-order valence-corrected chi connectivity index (χ1v) is 6.88. The summed E-state index contributed by atoms with van der Waals surface area (Å²) < 4.78 is 5.03. The molecule has 2 bridgehead atoms. The van der Waals surface area contributed by atoms with Crippen molar-refractivity contribution in [2.45, 2.75) is 43.9 Å². The van der Waals surface area contributed by atoms with Crippen LogP contribution in [0.4, 0.5) is 0 Å². The van der Waals surface area contributed by atoms with Gasteiger partial charge in [0.1, 0.15) is 6.10 Å². The smallest absolute Gasteiger partial charge is 0.250 e. The average Bonchev–Trinajstić information content (AvgIpc) is 2.61. The maximum atomic E-state index is 11.8. The monoisotopic (exact) mass is 255 g/mol. The molecule has 2 saturated heterocycles. The molecule has 0 radical (unpaired) electrons. The van der Waals surface area contributed by atoms with Gasteiger partial charge in [-0.3, -0.25) is 4.79 Å². The van der Waals surface area contributed by atoms with Gasteiger partial charge in [-0.15, -0.1) is 0 Å². The van der Waals surface area contributed by atoms with Gasteiger partial charge in [-0.05, 0) is 38.6 Å². The Morgan fingerprint density at radius 2 is 2.06 bits per heavy atom. The van der Waals surface area contributed by atoms with E-state index in [-0.39, 0.29) is 12.5 Å². The molecule has 104 valence electrons. The predicted octanol–water partition coefficient (Wildman–Crippen LogP) is -0.0509. The highest BCUT2D eigenvalue weighted by Gasteiger charge is 2.38. The fourth-order valence-corrected chi connectivity index (χ4v) is 3.36. The van der Waals surface area contributed by atoms with Crippen molar-refractivity contribution in [1.82, 2.24) is 10.2 Å². The largest absolute Gasteiger partial charge is 0.370 e. The SMILES string of the molecule is COC(CN)C(=O)NCC1CC2CCC(C1)N2C. The van der Waals surface area contributed by atoms with Crippen LogP contribution < -0.4 is 11.1 Å². The Balaban J connectivity index is 1.76. The van der Waals surface area contributed by atoms with E-state index in [2.05, 4.69) is 17.3 Å². The molecule has 0 saturated carbocycles. The molecule has 2 fully saturated rings. The third-order valence-electron chi connectivity index (χ3n) is 4.55. The molecule has 18 heavy (non-hydrogen) atoms. The van der Waals surface area contributed by atoms with Crippen molar-refractivity contribution in [1.29, 1.82) is 0 Å². The number of nitrogens with one attached hydrogen (secondary N) is 1. The van der Waals surface area contributed by atoms with Crippen LogP contribution in [0.25, 0.3) is 0 Å². The number of methoxy groups -OCH3 is 1. The summed E-state index contributed by atoms with van der Waals surface area (Å²) in [6.07, 6.45) is 4.53. The molecular formula is C13H25N3O2. The van der Waals surface area contributed by atoms with E-state index >= 15 is 0 Å². The highest BCUT2D eigenvalue weighted by molar-refractivity contribution is 5.80. The van der Waals surface area contributed by atoms with Crippen molar-refractivity contribution in [3.63, 3.8) is 0 Å². The Labute approximate surface area is 109 Å². The maximum absolute atomic E-state index is 11.8. The Kier molecular flexibility index (Phi) is 4.59. The molecular weight excluding hydrogens is 230 g/mol. The van der Waals surface area contributed by atoms with Crippen LogP contribution in [0, 0.1) is 5.92 Å². The highest BCUT2D eigenvalue weighted by atomic mass is 16.5. The van der Waals surface area contributed by atoms with Crippen molar-refractivity contribution in [3.8, 4) is 0 Å². The van der Waals surface area contributed by atoms with Gasteiger partial charge in [-0.2, -0.15) is 0 Å². The number of hydrogen-bond donors (Lipinski definition) is 2. The molecule has 2 aliphatic rings. The van der Waals surface area contributed by atoms with E-state index in [9.17, 15) is 4.79 Å². The van der Waals surface area contributed by atoms with E-state index in [0.29, 0.717) is 5.92 Å². The molecule has 1 amide bonds. The molecule has 3 N–H and O–H groups in total. The summed E-state index contributed by atoms with van der Waals surface area (Å²) in [7, 11) is 3.75. The van der Waals surface area contributed by atoms with Crippen LogP contribution >= 0.6 is 0 Å². The molecule has 0 aromatic carbocycles. The fraction of sp³-hybridized carbons (Fsp3) is 0.923. The minimum absolute atomic E-state index is 0.0775. The quantitative estimate of drug-likeness (QED) is 0.723. The minimum Gasteiger partial charge on any atom is -0.370 e. The van der Waals surface area contributed by atoms with Gasteiger partial charge in [0, 0.05) is 32.3 Å². The van der Waals surface area contributed by atoms with Crippen LogP contribution in [0.15, 0.2) is 0 Å². The standard InChI is InChI=1S/C13H25N3O2/c1-16-10-3-4-11(16)6-9(5-10)8-15-13(17)12(7-14)18-2/h9-12H,3-8,14H2,1-2H3,(H,15,17). The number of hydrogen-bond acceptors (Lipinski definition) is 4. The van der Waals surface area contributed by atoms with Crippen molar-refractivity contribution in [2.75, 3.05) is 27.2 Å². The second-order valence-corrected chi connectivity index (χ2v) is 5.59. The normalized spacial score (nSPS) is 33.4. The molecule has 2 aliphatic heterocycles. The van der Waals surface area contributed by atoms with Gasteiger partial charge >= 0.3 is 0 Å². The Morgan fingerprint density at radius 1 is 1.44 bits per heavy atom. The number of nitrogens with zero attached hydrogens (tertiary/aromatic N) is 1. The molecule has 2 rings (SSSR count). The maximum Gasteiger partial charge on any atom is 0.250 e. The molecule has 5 heteroatoms. The third-order valence-corrected chi connectivity index (χ3v) is 4.55. The van der Waals surface area contributed by atoms with Gasteiger partial charge in [0.2, 0.25) is 5.91 Å². The number of amides is 1. The number of piperidine rings is 1. The molecule has 0 spiro atoms. The van der Waals surface area contributed by atoms with E-state index < -0.39 is 6.10 Å². The zero-order valence-corrected chi connectivity index (χ0v) is 11.4. The first kappa shape index (κ1) is 13.8. The summed E-state index contributed by atoms with van der Waals surface area (Å²) in [5, 5.41) is 2.98. The topological polar surface area (TPSA) is 67.6 Å². The number of carbonyl (C=O) groups is 1. The fourth-order valence-electron chi connectivity index (χ4n) is 3.36. The number of carbonyl (C=O) groups excluding carboxylic acids is 1. The van der Waals surface area contributed by atoms with Crippen molar-refractivity contribution < 1.29 is 9.53 Å². The molecule has 3 atom stereocenters. The van der Waals surface area contributed by atoms with E-state index in [0.717, 1.165) is 18.6 Å². The van der Waals surface area contributed by atoms with E-state index in [1.165, 1.54) is 32.8 Å². The summed E-state index contributed by atoms with van der Waals surface area (Å²) in [4.78, 5) is 14.3. The summed E-state index contributed by atoms with van der Waals surface area (Å²) in [6, 6.07) is 1.44. The Morgan fingerprint density at radius 3 is 2.56 bits per heavy atom. The lowest BCUT2D eigenvalue weighted by Gasteiger charge is -2.36. The highest BCUT2D eigenvalue weighted by Crippen LogP contribution is 2.36. The van der Waals surface area contributed by atoms with Crippen molar-refractivity contribution >= 4 is 5.91 Å². The van der Waals surface area contributed by atoms with Gasteiger partial charge in [0.25, 0.3) is 0 Å². The van der Waals surface area contributed by atoms with Gasteiger partial charge in [-0.1, -0.05) is 0 Å². The van der Waals surface area contributed by atoms with Crippen molar-refractivity contribution in [2.24, 2.45) is 11.7 Å². The molecule has 2 heterocycles. The van der Waals surface area contributed by atoms with Crippen LogP contribution in [-0.2, 0) is 9.53 Å². The van der Waals surface area contributed by atoms with Gasteiger partial charge in [0.15, 0.2) is 0 Å². The van der Waals surface area contributed by atoms with Gasteiger partial charge < -0.3 is 20.7 Å². The van der Waals surface area contributed by atoms with E-state index in [1.807, 2.05) is 0 Å². The lowest BCUT2D eigenvalue weighted by molar-refractivity contribution is -0.130. The number of ether oxygens (including phenoxy) is 1. The molecule has 3 unspecified atom stereocenters. The summed E-state index contributed by atoms with van der Waals surface area (Å²) in [5.41, 5.74) is 5.47. The van der Waals surface area contributed by atoms with Crippen LogP contribution in [0.2, 0.25) is 0 Å². The summed E-state index contributed by atoms with van der Waals surface area (Å²) in [6.45, 7) is 1.00. The Hall–Kier alpha value is -0.650. The molecule has 0 aromatic heterocycles. The van der Waals surface area contributed by atoms with Gasteiger partial charge in [0.05, 0.1) is 0 Å². The first-order chi connectivity index (χ1) is 8.65. The summed E-state index contributed by atoms with van der Waals surface area (Å²) >= 11 is 0. The first-order valence-electron chi connectivity index (χ1n) is 6.88. The van der Waals surface area contributed by atoms with Crippen LogP contribution in [-0.4, -0.2) is 56.2 Å². The number of rotatable bonds is 5. The lowest BCUT2D eigenvalue weighted by Crippen LogP contribution is -2.46. The average molecular weight is 255 g/mol. The van der Waals surface area contributed by atoms with Crippen LogP contribution in [0.1, 0.15) is 25.7 Å². The zero-order chi connectivity index (χ0) is 13.1. The summed E-state index contributed by atoms with van der Waals surface area (Å²) in [5.74, 6) is 0.532. The van der Waals surface area contributed by atoms with E-state index in [1.54, 1.807) is 0 Å².